The van der Waals surface area contributed by atoms with E-state index in [0.29, 0.717) is 31.5 Å². The average Bonchev–Trinajstić information content (AvgIpc) is 2.74. The first-order valence-electron chi connectivity index (χ1n) is 8.98. The van der Waals surface area contributed by atoms with E-state index in [0.717, 1.165) is 5.56 Å². The molecule has 0 aliphatic carbocycles. The Morgan fingerprint density at radius 2 is 1.74 bits per heavy atom. The fourth-order valence-electron chi connectivity index (χ4n) is 3.06. The minimum absolute atomic E-state index is 0.0289. The van der Waals surface area contributed by atoms with E-state index in [4.69, 9.17) is 0 Å². The van der Waals surface area contributed by atoms with Crippen LogP contribution in [0.15, 0.2) is 64.6 Å². The lowest BCUT2D eigenvalue weighted by Gasteiger charge is -2.31. The smallest absolute Gasteiger partial charge is 0.253 e. The van der Waals surface area contributed by atoms with Gasteiger partial charge in [0.25, 0.3) is 5.91 Å². The third-order valence-electron chi connectivity index (χ3n) is 4.68. The van der Waals surface area contributed by atoms with Gasteiger partial charge >= 0.3 is 0 Å². The third kappa shape index (κ3) is 5.20. The lowest BCUT2D eigenvalue weighted by Crippen LogP contribution is -2.42. The van der Waals surface area contributed by atoms with Crippen molar-refractivity contribution in [1.82, 2.24) is 10.3 Å². The molecule has 1 N–H and O–H groups in total. The zero-order valence-corrected chi connectivity index (χ0v) is 16.1. The Labute approximate surface area is 163 Å². The van der Waals surface area contributed by atoms with Gasteiger partial charge in [0, 0.05) is 29.5 Å². The summed E-state index contributed by atoms with van der Waals surface area (Å²) in [4.78, 5) is 27.8. The van der Waals surface area contributed by atoms with Gasteiger partial charge in [0.15, 0.2) is 0 Å². The number of nitrogens with one attached hydrogen (secondary N) is 1. The molecule has 2 amide bonds. The number of benzene rings is 2. The first kappa shape index (κ1) is 19.2. The Balaban J connectivity index is 1.46. The van der Waals surface area contributed by atoms with Crippen molar-refractivity contribution in [2.24, 2.45) is 11.0 Å². The molecule has 5 nitrogen and oxygen atoms in total. The predicted octanol–water partition coefficient (Wildman–Crippen LogP) is 3.41. The van der Waals surface area contributed by atoms with Crippen LogP contribution in [0.5, 0.6) is 0 Å². The van der Waals surface area contributed by atoms with Crippen LogP contribution in [0.3, 0.4) is 0 Å². The maximum Gasteiger partial charge on any atom is 0.253 e. The number of carbonyl (C=O) groups excluding carboxylic acids is 2. The van der Waals surface area contributed by atoms with Gasteiger partial charge in [0.2, 0.25) is 5.91 Å². The van der Waals surface area contributed by atoms with Gasteiger partial charge in [-0.1, -0.05) is 30.3 Å². The van der Waals surface area contributed by atoms with Gasteiger partial charge in [-0.25, -0.2) is 5.43 Å². The molecule has 140 valence electrons. The molecule has 1 heterocycles. The number of nitrogens with zero attached hydrogens (tertiary/aromatic N) is 2. The molecule has 0 bridgehead atoms. The molecule has 0 spiro atoms. The highest BCUT2D eigenvalue weighted by molar-refractivity contribution is 7.98. The van der Waals surface area contributed by atoms with Crippen LogP contribution in [0.25, 0.3) is 0 Å². The van der Waals surface area contributed by atoms with Crippen molar-refractivity contribution in [2.75, 3.05) is 19.3 Å². The molecule has 1 aliphatic heterocycles. The average molecular weight is 382 g/mol. The third-order valence-corrected chi connectivity index (χ3v) is 5.42. The van der Waals surface area contributed by atoms with Gasteiger partial charge in [-0.2, -0.15) is 5.10 Å². The van der Waals surface area contributed by atoms with E-state index < -0.39 is 0 Å². The van der Waals surface area contributed by atoms with E-state index in [1.165, 1.54) is 4.90 Å². The zero-order chi connectivity index (χ0) is 19.1. The molecule has 1 fully saturated rings. The first-order chi connectivity index (χ1) is 13.2. The van der Waals surface area contributed by atoms with Crippen LogP contribution in [-0.4, -0.2) is 42.3 Å². The second kappa shape index (κ2) is 9.37. The minimum Gasteiger partial charge on any atom is -0.339 e. The van der Waals surface area contributed by atoms with E-state index in [2.05, 4.69) is 10.5 Å². The number of thioether (sulfide) groups is 1. The molecule has 0 saturated carbocycles. The molecular weight excluding hydrogens is 358 g/mol. The van der Waals surface area contributed by atoms with Crippen LogP contribution < -0.4 is 5.43 Å². The molecule has 6 heteroatoms. The highest BCUT2D eigenvalue weighted by Crippen LogP contribution is 2.19. The summed E-state index contributed by atoms with van der Waals surface area (Å²) in [6.07, 6.45) is 4.99. The molecule has 0 aromatic heterocycles. The van der Waals surface area contributed by atoms with Gasteiger partial charge in [-0.05, 0) is 48.9 Å². The molecule has 2 aromatic rings. The number of likely N-dealkylation sites (tertiary alicyclic amines) is 1. The second-order valence-electron chi connectivity index (χ2n) is 6.44. The summed E-state index contributed by atoms with van der Waals surface area (Å²) in [5.74, 6) is -0.166. The molecule has 3 rings (SSSR count). The zero-order valence-electron chi connectivity index (χ0n) is 15.3. The Morgan fingerprint density at radius 3 is 2.37 bits per heavy atom. The van der Waals surface area contributed by atoms with Gasteiger partial charge in [0.1, 0.15) is 0 Å². The number of rotatable bonds is 5. The molecule has 2 aromatic carbocycles. The van der Waals surface area contributed by atoms with Crippen LogP contribution in [0, 0.1) is 5.92 Å². The number of piperidine rings is 1. The van der Waals surface area contributed by atoms with Crippen molar-refractivity contribution in [2.45, 2.75) is 17.7 Å². The summed E-state index contributed by atoms with van der Waals surface area (Å²) >= 11 is 1.68. The summed E-state index contributed by atoms with van der Waals surface area (Å²) in [5.41, 5.74) is 4.26. The van der Waals surface area contributed by atoms with Crippen LogP contribution in [0.1, 0.15) is 28.8 Å². The van der Waals surface area contributed by atoms with Gasteiger partial charge in [-0.3, -0.25) is 9.59 Å². The van der Waals surface area contributed by atoms with E-state index in [1.807, 2.05) is 65.8 Å². The largest absolute Gasteiger partial charge is 0.339 e. The highest BCUT2D eigenvalue weighted by atomic mass is 32.2. The fraction of sp³-hybridized carbons (Fsp3) is 0.286. The standard InChI is InChI=1S/C21H23N3O2S/c1-27-19-9-7-16(8-10-19)15-22-23-20(25)17-11-13-24(14-12-17)21(26)18-5-3-2-4-6-18/h2-10,15,17H,11-14H2,1H3,(H,23,25)/b22-15-. The molecule has 0 radical (unpaired) electrons. The van der Waals surface area contributed by atoms with Gasteiger partial charge in [0.05, 0.1) is 6.21 Å². The molecule has 27 heavy (non-hydrogen) atoms. The second-order valence-corrected chi connectivity index (χ2v) is 7.32. The van der Waals surface area contributed by atoms with Crippen LogP contribution in [-0.2, 0) is 4.79 Å². The van der Waals surface area contributed by atoms with Crippen molar-refractivity contribution in [3.8, 4) is 0 Å². The van der Waals surface area contributed by atoms with Gasteiger partial charge in [-0.15, -0.1) is 11.8 Å². The van der Waals surface area contributed by atoms with E-state index >= 15 is 0 Å². The quantitative estimate of drug-likeness (QED) is 0.490. The van der Waals surface area contributed by atoms with Crippen LogP contribution in [0.2, 0.25) is 0 Å². The summed E-state index contributed by atoms with van der Waals surface area (Å²) in [5, 5.41) is 4.06. The summed E-state index contributed by atoms with van der Waals surface area (Å²) < 4.78 is 0. The molecule has 0 atom stereocenters. The van der Waals surface area contributed by atoms with Crippen molar-refractivity contribution < 1.29 is 9.59 Å². The number of hydrogen-bond donors (Lipinski definition) is 1. The molecule has 1 aliphatic rings. The lowest BCUT2D eigenvalue weighted by molar-refractivity contribution is -0.126. The van der Waals surface area contributed by atoms with Crippen molar-refractivity contribution in [3.05, 3.63) is 65.7 Å². The Kier molecular flexibility index (Phi) is 6.65. The van der Waals surface area contributed by atoms with Crippen LogP contribution >= 0.6 is 11.8 Å². The number of carbonyl (C=O) groups is 2. The fourth-order valence-corrected chi connectivity index (χ4v) is 3.47. The van der Waals surface area contributed by atoms with E-state index in [9.17, 15) is 9.59 Å². The number of hydrazone groups is 1. The minimum atomic E-state index is -0.110. The number of amides is 2. The first-order valence-corrected chi connectivity index (χ1v) is 10.2. The lowest BCUT2D eigenvalue weighted by atomic mass is 9.95. The Hall–Kier alpha value is -2.60. The van der Waals surface area contributed by atoms with E-state index in [1.54, 1.807) is 18.0 Å². The van der Waals surface area contributed by atoms with Crippen LogP contribution in [0.4, 0.5) is 0 Å². The maximum atomic E-state index is 12.5. The Bertz CT molecular complexity index is 798. The highest BCUT2D eigenvalue weighted by Gasteiger charge is 2.27. The summed E-state index contributed by atoms with van der Waals surface area (Å²) in [6, 6.07) is 17.2. The van der Waals surface area contributed by atoms with E-state index in [-0.39, 0.29) is 17.7 Å². The molecular formula is C21H23N3O2S. The monoisotopic (exact) mass is 381 g/mol. The maximum absolute atomic E-state index is 12.5. The van der Waals surface area contributed by atoms with Crippen molar-refractivity contribution in [3.63, 3.8) is 0 Å². The SMILES string of the molecule is CSc1ccc(/C=N\NC(=O)C2CCN(C(=O)c3ccccc3)CC2)cc1. The topological polar surface area (TPSA) is 61.8 Å². The number of hydrogen-bond acceptors (Lipinski definition) is 4. The summed E-state index contributed by atoms with van der Waals surface area (Å²) in [7, 11) is 0. The molecule has 0 unspecified atom stereocenters. The van der Waals surface area contributed by atoms with Crippen molar-refractivity contribution >= 4 is 29.8 Å². The van der Waals surface area contributed by atoms with Gasteiger partial charge < -0.3 is 4.90 Å². The normalized spacial score (nSPS) is 15.1. The summed E-state index contributed by atoms with van der Waals surface area (Å²) in [6.45, 7) is 1.18. The molecule has 1 saturated heterocycles. The Morgan fingerprint density at radius 1 is 1.07 bits per heavy atom. The van der Waals surface area contributed by atoms with Crippen molar-refractivity contribution in [1.29, 1.82) is 0 Å². The predicted molar refractivity (Wildman–Crippen MR) is 109 cm³/mol.